The van der Waals surface area contributed by atoms with E-state index in [-0.39, 0.29) is 30.4 Å². The fourth-order valence-electron chi connectivity index (χ4n) is 4.56. The number of nitrogens with two attached hydrogens (primary N) is 1. The number of aromatic nitrogens is 1. The Kier molecular flexibility index (Phi) is 6.04. The number of halogens is 1. The molecule has 2 N–H and O–H groups in total. The third kappa shape index (κ3) is 4.46. The van der Waals surface area contributed by atoms with Crippen molar-refractivity contribution in [2.75, 3.05) is 6.61 Å². The van der Waals surface area contributed by atoms with Gasteiger partial charge in [-0.3, -0.25) is 14.7 Å². The van der Waals surface area contributed by atoms with Gasteiger partial charge < -0.3 is 10.5 Å². The van der Waals surface area contributed by atoms with Gasteiger partial charge in [-0.15, -0.1) is 0 Å². The van der Waals surface area contributed by atoms with E-state index >= 15 is 0 Å². The molecular formula is C24H29ClN4O2. The fraction of sp³-hybridized carbons (Fsp3) is 0.458. The summed E-state index contributed by atoms with van der Waals surface area (Å²) in [6, 6.07) is 9.98. The molecule has 3 atom stereocenters. The van der Waals surface area contributed by atoms with Gasteiger partial charge in [0.2, 0.25) is 5.91 Å². The number of hydrogen-bond donors (Lipinski definition) is 1. The van der Waals surface area contributed by atoms with Crippen molar-refractivity contribution < 1.29 is 9.53 Å². The number of benzene rings is 1. The topological polar surface area (TPSA) is 80.8 Å². The maximum atomic E-state index is 13.2. The average molecular weight is 441 g/mol. The average Bonchev–Trinajstić information content (AvgIpc) is 2.70. The SMILES string of the molecule is Cc1ccc(Cc2cccc([C@]3(C)CC(=O)N([C@H]4CCO[C@H](C)C4)C(N)=N3)c2Cl)cn1. The summed E-state index contributed by atoms with van der Waals surface area (Å²) in [6.07, 6.45) is 4.40. The summed E-state index contributed by atoms with van der Waals surface area (Å²) in [7, 11) is 0. The van der Waals surface area contributed by atoms with Crippen LogP contribution < -0.4 is 5.73 Å². The van der Waals surface area contributed by atoms with Crippen molar-refractivity contribution in [2.45, 2.75) is 64.1 Å². The standard InChI is InChI=1S/C24H29ClN4O2/c1-15-7-8-17(14-27-15)12-18-5-4-6-20(22(18)25)24(3)13-21(30)29(23(26)28-24)19-9-10-31-16(2)11-19/h4-8,14,16,19H,9-13H2,1-3H3,(H2,26,28)/t16-,19+,24+/m1/s1. The van der Waals surface area contributed by atoms with Gasteiger partial charge in [0.05, 0.1) is 18.1 Å². The van der Waals surface area contributed by atoms with Crippen LogP contribution in [0.25, 0.3) is 0 Å². The minimum atomic E-state index is -0.799. The minimum Gasteiger partial charge on any atom is -0.378 e. The molecule has 0 aliphatic carbocycles. The zero-order valence-corrected chi connectivity index (χ0v) is 19.0. The Morgan fingerprint density at radius 3 is 2.81 bits per heavy atom. The van der Waals surface area contributed by atoms with Gasteiger partial charge in [-0.25, -0.2) is 4.99 Å². The monoisotopic (exact) mass is 440 g/mol. The van der Waals surface area contributed by atoms with Crippen molar-refractivity contribution in [3.63, 3.8) is 0 Å². The Morgan fingerprint density at radius 2 is 2.13 bits per heavy atom. The highest BCUT2D eigenvalue weighted by molar-refractivity contribution is 6.32. The number of amides is 1. The number of rotatable bonds is 4. The second kappa shape index (κ2) is 8.60. The molecule has 164 valence electrons. The van der Waals surface area contributed by atoms with Crippen LogP contribution in [0.3, 0.4) is 0 Å². The summed E-state index contributed by atoms with van der Waals surface area (Å²) in [5.41, 5.74) is 9.41. The van der Waals surface area contributed by atoms with E-state index in [9.17, 15) is 4.79 Å². The van der Waals surface area contributed by atoms with Crippen LogP contribution in [0.5, 0.6) is 0 Å². The molecule has 1 amide bonds. The number of hydrogen-bond acceptors (Lipinski definition) is 5. The zero-order chi connectivity index (χ0) is 22.2. The van der Waals surface area contributed by atoms with Crippen LogP contribution in [0.2, 0.25) is 5.02 Å². The van der Waals surface area contributed by atoms with Crippen LogP contribution in [0.4, 0.5) is 0 Å². The quantitative estimate of drug-likeness (QED) is 0.780. The lowest BCUT2D eigenvalue weighted by molar-refractivity contribution is -0.133. The van der Waals surface area contributed by atoms with Gasteiger partial charge in [0, 0.05) is 36.0 Å². The van der Waals surface area contributed by atoms with Gasteiger partial charge in [0.25, 0.3) is 0 Å². The molecule has 1 fully saturated rings. The highest BCUT2D eigenvalue weighted by Crippen LogP contribution is 2.40. The van der Waals surface area contributed by atoms with Crippen molar-refractivity contribution in [3.05, 3.63) is 63.9 Å². The predicted octanol–water partition coefficient (Wildman–Crippen LogP) is 3.96. The van der Waals surface area contributed by atoms with Crippen LogP contribution in [-0.4, -0.2) is 40.5 Å². The number of aliphatic imine (C=N–C) groups is 1. The molecule has 0 spiro atoms. The zero-order valence-electron chi connectivity index (χ0n) is 18.3. The third-order valence-electron chi connectivity index (χ3n) is 6.22. The lowest BCUT2D eigenvalue weighted by atomic mass is 9.85. The predicted molar refractivity (Wildman–Crippen MR) is 122 cm³/mol. The van der Waals surface area contributed by atoms with Gasteiger partial charge in [-0.2, -0.15) is 0 Å². The molecule has 1 aromatic carbocycles. The van der Waals surface area contributed by atoms with Crippen LogP contribution in [0.15, 0.2) is 41.5 Å². The van der Waals surface area contributed by atoms with E-state index in [0.29, 0.717) is 18.1 Å². The Labute approximate surface area is 188 Å². The number of aryl methyl sites for hydroxylation is 1. The number of carbonyl (C=O) groups is 1. The maximum Gasteiger partial charge on any atom is 0.232 e. The molecule has 2 aliphatic heterocycles. The molecule has 3 heterocycles. The van der Waals surface area contributed by atoms with Crippen LogP contribution in [0.1, 0.15) is 55.5 Å². The van der Waals surface area contributed by atoms with Crippen molar-refractivity contribution in [1.82, 2.24) is 9.88 Å². The highest BCUT2D eigenvalue weighted by atomic mass is 35.5. The van der Waals surface area contributed by atoms with E-state index in [1.807, 2.05) is 51.2 Å². The molecule has 1 aromatic heterocycles. The highest BCUT2D eigenvalue weighted by Gasteiger charge is 2.42. The molecule has 0 radical (unpaired) electrons. The molecular weight excluding hydrogens is 412 g/mol. The van der Waals surface area contributed by atoms with Gasteiger partial charge in [0.1, 0.15) is 0 Å². The molecule has 0 unspecified atom stereocenters. The van der Waals surface area contributed by atoms with Crippen molar-refractivity contribution in [1.29, 1.82) is 0 Å². The van der Waals surface area contributed by atoms with E-state index in [2.05, 4.69) is 11.1 Å². The number of guanidine groups is 1. The summed E-state index contributed by atoms with van der Waals surface area (Å²) >= 11 is 6.84. The number of ether oxygens (including phenoxy) is 1. The number of nitrogens with zero attached hydrogens (tertiary/aromatic N) is 3. The summed E-state index contributed by atoms with van der Waals surface area (Å²) in [6.45, 7) is 6.54. The van der Waals surface area contributed by atoms with Gasteiger partial charge in [-0.1, -0.05) is 35.9 Å². The molecule has 0 saturated carbocycles. The smallest absolute Gasteiger partial charge is 0.232 e. The molecule has 1 saturated heterocycles. The normalized spacial score (nSPS) is 26.6. The van der Waals surface area contributed by atoms with Crippen LogP contribution in [-0.2, 0) is 21.5 Å². The largest absolute Gasteiger partial charge is 0.378 e. The molecule has 4 rings (SSSR count). The molecule has 0 bridgehead atoms. The summed E-state index contributed by atoms with van der Waals surface area (Å²) in [5.74, 6) is 0.250. The Balaban J connectivity index is 1.63. The van der Waals surface area contributed by atoms with Crippen LogP contribution >= 0.6 is 11.6 Å². The first-order valence-corrected chi connectivity index (χ1v) is 11.1. The Morgan fingerprint density at radius 1 is 1.32 bits per heavy atom. The van der Waals surface area contributed by atoms with Crippen LogP contribution in [0, 0.1) is 6.92 Å². The van der Waals surface area contributed by atoms with Gasteiger partial charge in [-0.05, 0) is 56.4 Å². The third-order valence-corrected chi connectivity index (χ3v) is 6.67. The fourth-order valence-corrected chi connectivity index (χ4v) is 4.96. The lowest BCUT2D eigenvalue weighted by Gasteiger charge is -2.41. The van der Waals surface area contributed by atoms with Crippen molar-refractivity contribution >= 4 is 23.5 Å². The van der Waals surface area contributed by atoms with E-state index in [1.165, 1.54) is 0 Å². The van der Waals surface area contributed by atoms with E-state index in [4.69, 9.17) is 27.1 Å². The van der Waals surface area contributed by atoms with E-state index in [1.54, 1.807) is 4.90 Å². The Hall–Kier alpha value is -2.44. The van der Waals surface area contributed by atoms with Crippen molar-refractivity contribution in [3.8, 4) is 0 Å². The molecule has 6 nitrogen and oxygen atoms in total. The first kappa shape index (κ1) is 21.8. The lowest BCUT2D eigenvalue weighted by Crippen LogP contribution is -2.56. The van der Waals surface area contributed by atoms with E-state index < -0.39 is 5.54 Å². The van der Waals surface area contributed by atoms with Gasteiger partial charge in [0.15, 0.2) is 5.96 Å². The molecule has 2 aliphatic rings. The first-order chi connectivity index (χ1) is 14.8. The molecule has 7 heteroatoms. The maximum absolute atomic E-state index is 13.2. The van der Waals surface area contributed by atoms with E-state index in [0.717, 1.165) is 35.2 Å². The second-order valence-electron chi connectivity index (χ2n) is 8.81. The molecule has 2 aromatic rings. The summed E-state index contributed by atoms with van der Waals surface area (Å²) < 4.78 is 5.62. The second-order valence-corrected chi connectivity index (χ2v) is 9.19. The first-order valence-electron chi connectivity index (χ1n) is 10.8. The van der Waals surface area contributed by atoms with Gasteiger partial charge >= 0.3 is 0 Å². The summed E-state index contributed by atoms with van der Waals surface area (Å²) in [4.78, 5) is 24.0. The minimum absolute atomic E-state index is 0.0155. The number of pyridine rings is 1. The number of carbonyl (C=O) groups excluding carboxylic acids is 1. The Bertz CT molecular complexity index is 1010. The molecule has 31 heavy (non-hydrogen) atoms. The summed E-state index contributed by atoms with van der Waals surface area (Å²) in [5, 5.41) is 0.628. The van der Waals surface area contributed by atoms with Crippen molar-refractivity contribution in [2.24, 2.45) is 10.7 Å².